The van der Waals surface area contributed by atoms with Crippen LogP contribution in [0.25, 0.3) is 0 Å². The Bertz CT molecular complexity index is 310. The molecule has 1 unspecified atom stereocenters. The van der Waals surface area contributed by atoms with E-state index in [9.17, 15) is 20.2 Å². The van der Waals surface area contributed by atoms with Gasteiger partial charge >= 0.3 is 5.79 Å². The molecule has 1 aliphatic rings. The molecular formula is C8H15N3O7. The van der Waals surface area contributed by atoms with Gasteiger partial charge in [0.05, 0.1) is 18.4 Å². The van der Waals surface area contributed by atoms with Crippen molar-refractivity contribution < 1.29 is 24.6 Å². The maximum absolute atomic E-state index is 11.0. The molecule has 0 radical (unpaired) electrons. The molecule has 0 aliphatic carbocycles. The third-order valence-electron chi connectivity index (χ3n) is 2.53. The van der Waals surface area contributed by atoms with Crippen LogP contribution in [0.2, 0.25) is 0 Å². The molecule has 104 valence electrons. The summed E-state index contributed by atoms with van der Waals surface area (Å²) in [5.41, 5.74) is 0. The van der Waals surface area contributed by atoms with Crippen LogP contribution in [-0.4, -0.2) is 45.3 Å². The largest absolute Gasteiger partial charge is 0.568 e. The van der Waals surface area contributed by atoms with Crippen LogP contribution in [0.1, 0.15) is 26.2 Å². The standard InChI is InChI=1S/C8H15N3O7/c1-2-3-4-17-11-8(9(13)14,10(15)16)5-7(6-12)18-11/h7,12H,2-6H2,1H3. The minimum atomic E-state index is -2.69. The number of unbranched alkanes of at least 4 members (excludes halogenated alkanes) is 1. The van der Waals surface area contributed by atoms with E-state index < -0.39 is 34.8 Å². The highest BCUT2D eigenvalue weighted by Crippen LogP contribution is 2.33. The van der Waals surface area contributed by atoms with Crippen LogP contribution in [0.3, 0.4) is 0 Å². The zero-order valence-corrected chi connectivity index (χ0v) is 9.85. The summed E-state index contributed by atoms with van der Waals surface area (Å²) in [5.74, 6) is -2.69. The second kappa shape index (κ2) is 6.00. The van der Waals surface area contributed by atoms with Crippen LogP contribution in [0, 0.1) is 20.2 Å². The van der Waals surface area contributed by atoms with E-state index >= 15 is 0 Å². The van der Waals surface area contributed by atoms with Gasteiger partial charge in [-0.15, -0.1) is 0 Å². The van der Waals surface area contributed by atoms with Gasteiger partial charge in [-0.25, -0.2) is 0 Å². The second-order valence-electron chi connectivity index (χ2n) is 3.85. The topological polar surface area (TPSA) is 128 Å². The summed E-state index contributed by atoms with van der Waals surface area (Å²) in [7, 11) is 0. The predicted octanol–water partition coefficient (Wildman–Crippen LogP) is -0.0765. The van der Waals surface area contributed by atoms with Gasteiger partial charge in [-0.1, -0.05) is 13.3 Å². The van der Waals surface area contributed by atoms with Crippen molar-refractivity contribution in [2.45, 2.75) is 38.1 Å². The van der Waals surface area contributed by atoms with Crippen molar-refractivity contribution in [1.82, 2.24) is 5.23 Å². The molecule has 18 heavy (non-hydrogen) atoms. The van der Waals surface area contributed by atoms with Gasteiger partial charge in [0.1, 0.15) is 22.4 Å². The molecule has 1 N–H and O–H groups in total. The lowest BCUT2D eigenvalue weighted by Crippen LogP contribution is -2.55. The first-order valence-electron chi connectivity index (χ1n) is 5.48. The Kier molecular flexibility index (Phi) is 4.90. The number of aliphatic hydroxyl groups is 1. The highest BCUT2D eigenvalue weighted by Gasteiger charge is 2.71. The molecule has 0 aromatic rings. The number of nitrogens with zero attached hydrogens (tertiary/aromatic N) is 3. The molecule has 0 aromatic heterocycles. The third kappa shape index (κ3) is 2.56. The van der Waals surface area contributed by atoms with Gasteiger partial charge in [0.2, 0.25) is 0 Å². The lowest BCUT2D eigenvalue weighted by molar-refractivity contribution is -0.851. The van der Waals surface area contributed by atoms with E-state index in [-0.39, 0.29) is 6.61 Å². The van der Waals surface area contributed by atoms with Crippen molar-refractivity contribution >= 4 is 0 Å². The number of rotatable bonds is 7. The molecule has 0 saturated carbocycles. The highest BCUT2D eigenvalue weighted by atomic mass is 17.0. The van der Waals surface area contributed by atoms with Gasteiger partial charge < -0.3 is 5.11 Å². The summed E-state index contributed by atoms with van der Waals surface area (Å²) in [6, 6.07) is 0. The van der Waals surface area contributed by atoms with Gasteiger partial charge in [-0.2, -0.15) is 0 Å². The van der Waals surface area contributed by atoms with E-state index in [1.165, 1.54) is 0 Å². The first-order valence-corrected chi connectivity index (χ1v) is 5.48. The first-order chi connectivity index (χ1) is 8.48. The monoisotopic (exact) mass is 265 g/mol. The zero-order valence-electron chi connectivity index (χ0n) is 9.85. The van der Waals surface area contributed by atoms with Crippen LogP contribution < -0.4 is 0 Å². The fraction of sp³-hybridized carbons (Fsp3) is 1.00. The molecule has 1 atom stereocenters. The smallest absolute Gasteiger partial charge is 0.394 e. The lowest BCUT2D eigenvalue weighted by atomic mass is 10.2. The van der Waals surface area contributed by atoms with E-state index in [2.05, 4.69) is 0 Å². The van der Waals surface area contributed by atoms with Crippen LogP contribution in [0.4, 0.5) is 0 Å². The van der Waals surface area contributed by atoms with Crippen molar-refractivity contribution in [3.63, 3.8) is 0 Å². The van der Waals surface area contributed by atoms with Gasteiger partial charge in [-0.3, -0.25) is 29.9 Å². The van der Waals surface area contributed by atoms with E-state index in [0.717, 1.165) is 6.42 Å². The number of hydrogen-bond donors (Lipinski definition) is 1. The predicted molar refractivity (Wildman–Crippen MR) is 56.0 cm³/mol. The Morgan fingerprint density at radius 2 is 2.11 bits per heavy atom. The van der Waals surface area contributed by atoms with Gasteiger partial charge in [-0.05, 0) is 6.42 Å². The summed E-state index contributed by atoms with van der Waals surface area (Å²) in [6.07, 6.45) is -0.256. The second-order valence-corrected chi connectivity index (χ2v) is 3.85. The maximum Gasteiger partial charge on any atom is 0.568 e. The fourth-order valence-corrected chi connectivity index (χ4v) is 1.51. The summed E-state index contributed by atoms with van der Waals surface area (Å²) < 4.78 is 0. The average Bonchev–Trinajstić information content (AvgIpc) is 2.69. The number of aliphatic hydroxyl groups excluding tert-OH is 1. The van der Waals surface area contributed by atoms with E-state index in [1.807, 2.05) is 6.92 Å². The first kappa shape index (κ1) is 14.7. The van der Waals surface area contributed by atoms with Crippen molar-refractivity contribution in [2.24, 2.45) is 0 Å². The molecule has 0 aromatic carbocycles. The molecule has 0 spiro atoms. The summed E-state index contributed by atoms with van der Waals surface area (Å²) >= 11 is 0. The minimum Gasteiger partial charge on any atom is -0.394 e. The summed E-state index contributed by atoms with van der Waals surface area (Å²) in [5, 5.41) is 31.1. The summed E-state index contributed by atoms with van der Waals surface area (Å²) in [6.45, 7) is 1.38. The maximum atomic E-state index is 11.0. The Labute approximate surface area is 102 Å². The molecule has 1 saturated heterocycles. The summed E-state index contributed by atoms with van der Waals surface area (Å²) in [4.78, 5) is 29.6. The Hall–Kier alpha value is -1.36. The quantitative estimate of drug-likeness (QED) is 0.293. The van der Waals surface area contributed by atoms with Crippen LogP contribution in [0.5, 0.6) is 0 Å². The molecule has 0 amide bonds. The molecule has 1 rings (SSSR count). The highest BCUT2D eigenvalue weighted by molar-refractivity contribution is 4.73. The molecule has 1 fully saturated rings. The normalized spacial score (nSPS) is 23.1. The van der Waals surface area contributed by atoms with Crippen molar-refractivity contribution in [3.05, 3.63) is 20.2 Å². The number of hydrogen-bond acceptors (Lipinski definition) is 8. The molecule has 10 nitrogen and oxygen atoms in total. The Balaban J connectivity index is 2.88. The van der Waals surface area contributed by atoms with Crippen LogP contribution in [0.15, 0.2) is 0 Å². The van der Waals surface area contributed by atoms with Crippen molar-refractivity contribution in [2.75, 3.05) is 13.2 Å². The molecule has 10 heteroatoms. The lowest BCUT2D eigenvalue weighted by Gasteiger charge is -2.19. The molecule has 1 aliphatic heterocycles. The Morgan fingerprint density at radius 3 is 2.56 bits per heavy atom. The van der Waals surface area contributed by atoms with Gasteiger partial charge in [0.25, 0.3) is 0 Å². The number of hydroxylamine groups is 2. The van der Waals surface area contributed by atoms with Gasteiger partial charge in [0, 0.05) is 0 Å². The minimum absolute atomic E-state index is 0.0675. The van der Waals surface area contributed by atoms with E-state index in [4.69, 9.17) is 14.8 Å². The van der Waals surface area contributed by atoms with Crippen LogP contribution >= 0.6 is 0 Å². The Morgan fingerprint density at radius 1 is 1.50 bits per heavy atom. The zero-order chi connectivity index (χ0) is 13.8. The van der Waals surface area contributed by atoms with Gasteiger partial charge in [0.15, 0.2) is 0 Å². The molecule has 1 heterocycles. The van der Waals surface area contributed by atoms with Crippen LogP contribution in [-0.2, 0) is 9.68 Å². The fourth-order valence-electron chi connectivity index (χ4n) is 1.51. The third-order valence-corrected chi connectivity index (χ3v) is 2.53. The van der Waals surface area contributed by atoms with Crippen molar-refractivity contribution in [1.29, 1.82) is 0 Å². The SMILES string of the molecule is CCCCON1OC(CO)CC1([N+](=O)[O-])[N+](=O)[O-]. The molecule has 0 bridgehead atoms. The van der Waals surface area contributed by atoms with Crippen molar-refractivity contribution in [3.8, 4) is 0 Å². The average molecular weight is 265 g/mol. The van der Waals surface area contributed by atoms with E-state index in [1.54, 1.807) is 0 Å². The number of nitro groups is 2. The molecular weight excluding hydrogens is 250 g/mol. The van der Waals surface area contributed by atoms with E-state index in [0.29, 0.717) is 11.6 Å².